The third-order valence-electron chi connectivity index (χ3n) is 3.71. The molecule has 2 atom stereocenters. The van der Waals surface area contributed by atoms with E-state index in [2.05, 4.69) is 9.97 Å². The van der Waals surface area contributed by atoms with Crippen LogP contribution in [-0.4, -0.2) is 26.2 Å². The van der Waals surface area contributed by atoms with Crippen molar-refractivity contribution in [2.45, 2.75) is 39.5 Å². The lowest BCUT2D eigenvalue weighted by molar-refractivity contribution is 0.0761. The third-order valence-corrected chi connectivity index (χ3v) is 4.77. The summed E-state index contributed by atoms with van der Waals surface area (Å²) in [6, 6.07) is 7.91. The van der Waals surface area contributed by atoms with Gasteiger partial charge in [0.05, 0.1) is 23.3 Å². The topological polar surface area (TPSA) is 60.2 Å². The molecule has 2 aromatic heterocycles. The molecule has 0 radical (unpaired) electrons. The first-order valence-electron chi connectivity index (χ1n) is 7.79. The number of fused-ring (bicyclic) bond motifs is 1. The number of aromatic nitrogens is 3. The number of ether oxygens (including phenoxy) is 1. The van der Waals surface area contributed by atoms with Crippen molar-refractivity contribution in [3.05, 3.63) is 46.2 Å². The lowest BCUT2D eigenvalue weighted by Gasteiger charge is -2.10. The summed E-state index contributed by atoms with van der Waals surface area (Å²) >= 11 is 1.61. The van der Waals surface area contributed by atoms with Crippen LogP contribution in [0.3, 0.4) is 0 Å². The molecule has 0 fully saturated rings. The molecule has 0 spiro atoms. The molecule has 1 N–H and O–H groups in total. The average molecular weight is 331 g/mol. The Morgan fingerprint density at radius 1 is 1.26 bits per heavy atom. The standard InChI is InChI=1S/C17H21N3O2S/c1-4-22-12(3)17-18-13(10-23-17)9-20-15-8-6-5-7-14(15)19-16(20)11(2)21/h5-8,10-12,21H,4,9H2,1-3H3/t11-,12+/m0/s1. The van der Waals surface area contributed by atoms with E-state index in [-0.39, 0.29) is 6.10 Å². The summed E-state index contributed by atoms with van der Waals surface area (Å²) in [5.41, 5.74) is 2.86. The van der Waals surface area contributed by atoms with Gasteiger partial charge in [0, 0.05) is 12.0 Å². The molecule has 5 nitrogen and oxygen atoms in total. The van der Waals surface area contributed by atoms with Crippen LogP contribution in [-0.2, 0) is 11.3 Å². The second kappa shape index (κ2) is 6.78. The third kappa shape index (κ3) is 3.29. The summed E-state index contributed by atoms with van der Waals surface area (Å²) in [4.78, 5) is 9.22. The van der Waals surface area contributed by atoms with E-state index in [1.54, 1.807) is 18.3 Å². The highest BCUT2D eigenvalue weighted by molar-refractivity contribution is 7.09. The molecule has 23 heavy (non-hydrogen) atoms. The Hall–Kier alpha value is -1.76. The van der Waals surface area contributed by atoms with Gasteiger partial charge in [-0.3, -0.25) is 0 Å². The number of rotatable bonds is 6. The van der Waals surface area contributed by atoms with Gasteiger partial charge in [0.2, 0.25) is 0 Å². The molecule has 1 aromatic carbocycles. The normalized spacial score (nSPS) is 14.3. The van der Waals surface area contributed by atoms with Crippen molar-refractivity contribution in [2.75, 3.05) is 6.61 Å². The van der Waals surface area contributed by atoms with Crippen LogP contribution in [0.1, 0.15) is 49.5 Å². The van der Waals surface area contributed by atoms with E-state index in [9.17, 15) is 5.11 Å². The first-order chi connectivity index (χ1) is 11.1. The average Bonchev–Trinajstić information content (AvgIpc) is 3.13. The Labute approximate surface area is 139 Å². The van der Waals surface area contributed by atoms with Crippen LogP contribution in [0.2, 0.25) is 0 Å². The second-order valence-corrected chi connectivity index (χ2v) is 6.39. The number of nitrogens with zero attached hydrogens (tertiary/aromatic N) is 3. The van der Waals surface area contributed by atoms with E-state index in [0.29, 0.717) is 19.0 Å². The van der Waals surface area contributed by atoms with Gasteiger partial charge in [0.25, 0.3) is 0 Å². The zero-order valence-corrected chi connectivity index (χ0v) is 14.4. The molecule has 3 rings (SSSR count). The quantitative estimate of drug-likeness (QED) is 0.748. The molecule has 0 amide bonds. The Balaban J connectivity index is 1.93. The largest absolute Gasteiger partial charge is 0.385 e. The Morgan fingerprint density at radius 2 is 2.04 bits per heavy atom. The molecule has 0 aliphatic rings. The highest BCUT2D eigenvalue weighted by Gasteiger charge is 2.17. The van der Waals surface area contributed by atoms with E-state index >= 15 is 0 Å². The van der Waals surface area contributed by atoms with Crippen molar-refractivity contribution in [2.24, 2.45) is 0 Å². The van der Waals surface area contributed by atoms with Gasteiger partial charge in [-0.1, -0.05) is 12.1 Å². The predicted octanol–water partition coefficient (Wildman–Crippen LogP) is 3.69. The van der Waals surface area contributed by atoms with Crippen molar-refractivity contribution in [3.63, 3.8) is 0 Å². The van der Waals surface area contributed by atoms with Crippen molar-refractivity contribution in [3.8, 4) is 0 Å². The Morgan fingerprint density at radius 3 is 2.78 bits per heavy atom. The molecule has 0 aliphatic carbocycles. The Bertz CT molecular complexity index is 794. The first kappa shape index (κ1) is 16.1. The number of hydrogen-bond donors (Lipinski definition) is 1. The maximum Gasteiger partial charge on any atom is 0.138 e. The molecular formula is C17H21N3O2S. The number of thiazole rings is 1. The van der Waals surface area contributed by atoms with Crippen molar-refractivity contribution >= 4 is 22.4 Å². The van der Waals surface area contributed by atoms with Crippen molar-refractivity contribution in [1.82, 2.24) is 14.5 Å². The van der Waals surface area contributed by atoms with Gasteiger partial charge >= 0.3 is 0 Å². The minimum Gasteiger partial charge on any atom is -0.385 e. The summed E-state index contributed by atoms with van der Waals surface area (Å²) in [6.07, 6.45) is -0.614. The number of hydrogen-bond acceptors (Lipinski definition) is 5. The summed E-state index contributed by atoms with van der Waals surface area (Å²) in [7, 11) is 0. The van der Waals surface area contributed by atoms with Crippen LogP contribution in [0, 0.1) is 0 Å². The van der Waals surface area contributed by atoms with Gasteiger partial charge in [-0.05, 0) is 32.9 Å². The molecule has 3 aromatic rings. The molecule has 0 aliphatic heterocycles. The molecule has 122 valence electrons. The van der Waals surface area contributed by atoms with Crippen LogP contribution < -0.4 is 0 Å². The van der Waals surface area contributed by atoms with E-state index < -0.39 is 6.10 Å². The van der Waals surface area contributed by atoms with E-state index in [1.807, 2.05) is 48.1 Å². The maximum absolute atomic E-state index is 10.0. The van der Waals surface area contributed by atoms with Gasteiger partial charge in [-0.2, -0.15) is 0 Å². The fraction of sp³-hybridized carbons (Fsp3) is 0.412. The lowest BCUT2D eigenvalue weighted by atomic mass is 10.3. The summed E-state index contributed by atoms with van der Waals surface area (Å²) < 4.78 is 7.63. The SMILES string of the molecule is CCO[C@H](C)c1nc(Cn2c([C@H](C)O)nc3ccccc32)cs1. The van der Waals surface area contributed by atoms with Crippen LogP contribution >= 0.6 is 11.3 Å². The lowest BCUT2D eigenvalue weighted by Crippen LogP contribution is -2.08. The zero-order valence-electron chi connectivity index (χ0n) is 13.6. The highest BCUT2D eigenvalue weighted by Crippen LogP contribution is 2.25. The van der Waals surface area contributed by atoms with Gasteiger partial charge in [-0.25, -0.2) is 9.97 Å². The van der Waals surface area contributed by atoms with Gasteiger partial charge in [-0.15, -0.1) is 11.3 Å². The molecule has 0 unspecified atom stereocenters. The van der Waals surface area contributed by atoms with Gasteiger partial charge in [0.1, 0.15) is 23.0 Å². The summed E-state index contributed by atoms with van der Waals surface area (Å²) in [5, 5.41) is 13.0. The maximum atomic E-state index is 10.0. The van der Waals surface area contributed by atoms with Crippen molar-refractivity contribution < 1.29 is 9.84 Å². The van der Waals surface area contributed by atoms with Crippen molar-refractivity contribution in [1.29, 1.82) is 0 Å². The fourth-order valence-corrected chi connectivity index (χ4v) is 3.46. The van der Waals surface area contributed by atoms with E-state index in [4.69, 9.17) is 4.74 Å². The van der Waals surface area contributed by atoms with Crippen LogP contribution in [0.4, 0.5) is 0 Å². The number of para-hydroxylation sites is 2. The monoisotopic (exact) mass is 331 g/mol. The minimum absolute atomic E-state index is 0.00881. The van der Waals surface area contributed by atoms with E-state index in [1.165, 1.54) is 0 Å². The summed E-state index contributed by atoms with van der Waals surface area (Å²) in [5.74, 6) is 0.665. The predicted molar refractivity (Wildman–Crippen MR) is 91.6 cm³/mol. The first-order valence-corrected chi connectivity index (χ1v) is 8.67. The zero-order chi connectivity index (χ0) is 16.4. The number of benzene rings is 1. The molecular weight excluding hydrogens is 310 g/mol. The number of aliphatic hydroxyl groups excluding tert-OH is 1. The fourth-order valence-electron chi connectivity index (χ4n) is 2.64. The Kier molecular flexibility index (Phi) is 4.75. The van der Waals surface area contributed by atoms with Gasteiger partial charge in [0.15, 0.2) is 0 Å². The minimum atomic E-state index is -0.622. The van der Waals surface area contributed by atoms with Gasteiger partial charge < -0.3 is 14.4 Å². The number of aliphatic hydroxyl groups is 1. The molecule has 0 bridgehead atoms. The van der Waals surface area contributed by atoms with E-state index in [0.717, 1.165) is 21.7 Å². The molecule has 6 heteroatoms. The molecule has 2 heterocycles. The smallest absolute Gasteiger partial charge is 0.138 e. The molecule has 0 saturated carbocycles. The highest BCUT2D eigenvalue weighted by atomic mass is 32.1. The number of imidazole rings is 1. The second-order valence-electron chi connectivity index (χ2n) is 5.50. The summed E-state index contributed by atoms with van der Waals surface area (Å²) in [6.45, 7) is 7.00. The van der Waals surface area contributed by atoms with Crippen LogP contribution in [0.5, 0.6) is 0 Å². The van der Waals surface area contributed by atoms with Crippen LogP contribution in [0.15, 0.2) is 29.6 Å². The molecule has 0 saturated heterocycles. The van der Waals surface area contributed by atoms with Crippen LogP contribution in [0.25, 0.3) is 11.0 Å².